The summed E-state index contributed by atoms with van der Waals surface area (Å²) in [6, 6.07) is -0.611. The van der Waals surface area contributed by atoms with Gasteiger partial charge in [-0.25, -0.2) is 0 Å². The van der Waals surface area contributed by atoms with E-state index in [9.17, 15) is 5.11 Å². The summed E-state index contributed by atoms with van der Waals surface area (Å²) in [5.74, 6) is -0.717. The number of rotatable bonds is 1. The molecule has 0 radical (unpaired) electrons. The molecule has 0 aliphatic carbocycles. The van der Waals surface area contributed by atoms with E-state index in [0.29, 0.717) is 6.61 Å². The first-order chi connectivity index (χ1) is 7.44. The molecule has 0 aromatic rings. The second-order valence-corrected chi connectivity index (χ2v) is 4.64. The number of nitrogens with two attached hydrogens (primary N) is 1. The third-order valence-corrected chi connectivity index (χ3v) is 2.97. The number of aliphatic hydroxyl groups excluding tert-OH is 1. The zero-order valence-electron chi connectivity index (χ0n) is 9.75. The Balaban J connectivity index is 2.11. The van der Waals surface area contributed by atoms with Gasteiger partial charge in [0, 0.05) is 7.11 Å². The van der Waals surface area contributed by atoms with E-state index < -0.39 is 30.3 Å². The predicted octanol–water partition coefficient (Wildman–Crippen LogP) is -0.803. The molecule has 5 atom stereocenters. The lowest BCUT2D eigenvalue weighted by Gasteiger charge is -2.48. The van der Waals surface area contributed by atoms with Crippen molar-refractivity contribution in [2.24, 2.45) is 5.73 Å². The van der Waals surface area contributed by atoms with Crippen LogP contribution in [0.5, 0.6) is 0 Å². The topological polar surface area (TPSA) is 83.2 Å². The molecule has 2 heterocycles. The minimum atomic E-state index is -0.813. The molecule has 0 aromatic carbocycles. The van der Waals surface area contributed by atoms with Crippen molar-refractivity contribution in [2.75, 3.05) is 13.7 Å². The van der Waals surface area contributed by atoms with Crippen LogP contribution in [0.3, 0.4) is 0 Å². The number of hydrogen-bond donors (Lipinski definition) is 2. The second kappa shape index (κ2) is 4.21. The van der Waals surface area contributed by atoms with Crippen LogP contribution >= 0.6 is 0 Å². The summed E-state index contributed by atoms with van der Waals surface area (Å²) in [6.45, 7) is 3.95. The molecule has 16 heavy (non-hydrogen) atoms. The molecule has 0 spiro atoms. The lowest BCUT2D eigenvalue weighted by molar-refractivity contribution is -0.365. The molecule has 0 amide bonds. The molecule has 6 heteroatoms. The Kier molecular flexibility index (Phi) is 3.22. The Bertz CT molecular complexity index is 258. The predicted molar refractivity (Wildman–Crippen MR) is 54.6 cm³/mol. The fraction of sp³-hybridized carbons (Fsp3) is 1.00. The zero-order chi connectivity index (χ0) is 11.9. The fourth-order valence-corrected chi connectivity index (χ4v) is 2.08. The average molecular weight is 233 g/mol. The largest absolute Gasteiger partial charge is 0.388 e. The number of aliphatic hydroxyl groups is 1. The van der Waals surface area contributed by atoms with Gasteiger partial charge in [-0.05, 0) is 13.8 Å². The monoisotopic (exact) mass is 233 g/mol. The van der Waals surface area contributed by atoms with Crippen molar-refractivity contribution < 1.29 is 24.1 Å². The van der Waals surface area contributed by atoms with Crippen molar-refractivity contribution in [2.45, 2.75) is 50.3 Å². The molecule has 3 N–H and O–H groups in total. The summed E-state index contributed by atoms with van der Waals surface area (Å²) in [4.78, 5) is 0. The van der Waals surface area contributed by atoms with E-state index in [1.165, 1.54) is 7.11 Å². The quantitative estimate of drug-likeness (QED) is 0.617. The van der Waals surface area contributed by atoms with E-state index in [1.54, 1.807) is 13.8 Å². The Morgan fingerprint density at radius 2 is 2.12 bits per heavy atom. The summed E-state index contributed by atoms with van der Waals surface area (Å²) in [6.07, 6.45) is -2.24. The lowest BCUT2D eigenvalue weighted by Crippen LogP contribution is -2.66. The third kappa shape index (κ3) is 2.09. The number of fused-ring (bicyclic) bond motifs is 1. The van der Waals surface area contributed by atoms with E-state index in [2.05, 4.69) is 0 Å². The van der Waals surface area contributed by atoms with Crippen LogP contribution in [-0.2, 0) is 18.9 Å². The Hall–Kier alpha value is -0.240. The second-order valence-electron chi connectivity index (χ2n) is 4.64. The fourth-order valence-electron chi connectivity index (χ4n) is 2.08. The standard InChI is InChI=1S/C10H19NO5/c1-10(2)14-4-5-8(16-10)7(12)6(11)9(13-3)15-5/h5-9,12H,4,11H2,1-3H3/t5-,6-,7-,8-,9-/m1/s1. The molecule has 2 aliphatic rings. The van der Waals surface area contributed by atoms with Crippen molar-refractivity contribution in [3.8, 4) is 0 Å². The number of ether oxygens (including phenoxy) is 4. The van der Waals surface area contributed by atoms with Crippen LogP contribution < -0.4 is 5.73 Å². The summed E-state index contributed by atoms with van der Waals surface area (Å²) < 4.78 is 21.7. The smallest absolute Gasteiger partial charge is 0.175 e. The van der Waals surface area contributed by atoms with Crippen molar-refractivity contribution in [1.29, 1.82) is 0 Å². The van der Waals surface area contributed by atoms with E-state index in [0.717, 1.165) is 0 Å². The Morgan fingerprint density at radius 1 is 1.44 bits per heavy atom. The van der Waals surface area contributed by atoms with Gasteiger partial charge in [0.2, 0.25) is 0 Å². The van der Waals surface area contributed by atoms with Crippen LogP contribution in [0.4, 0.5) is 0 Å². The molecular weight excluding hydrogens is 214 g/mol. The van der Waals surface area contributed by atoms with E-state index in [-0.39, 0.29) is 6.10 Å². The highest BCUT2D eigenvalue weighted by molar-refractivity contribution is 4.95. The van der Waals surface area contributed by atoms with Gasteiger partial charge < -0.3 is 29.8 Å². The minimum absolute atomic E-state index is 0.340. The first-order valence-electron chi connectivity index (χ1n) is 5.38. The molecule has 6 nitrogen and oxygen atoms in total. The number of hydrogen-bond acceptors (Lipinski definition) is 6. The average Bonchev–Trinajstić information content (AvgIpc) is 2.23. The van der Waals surface area contributed by atoms with Gasteiger partial charge in [-0.15, -0.1) is 0 Å². The Labute approximate surface area is 94.6 Å². The maximum atomic E-state index is 10.0. The van der Waals surface area contributed by atoms with Crippen LogP contribution in [0, 0.1) is 0 Å². The minimum Gasteiger partial charge on any atom is -0.388 e. The van der Waals surface area contributed by atoms with Gasteiger partial charge in [0.05, 0.1) is 12.6 Å². The first-order valence-corrected chi connectivity index (χ1v) is 5.38. The maximum absolute atomic E-state index is 10.0. The summed E-state index contributed by atoms with van der Waals surface area (Å²) in [5.41, 5.74) is 5.81. The maximum Gasteiger partial charge on any atom is 0.175 e. The van der Waals surface area contributed by atoms with Crippen LogP contribution in [0.2, 0.25) is 0 Å². The van der Waals surface area contributed by atoms with Gasteiger partial charge in [-0.2, -0.15) is 0 Å². The molecule has 2 saturated heterocycles. The SMILES string of the molecule is CO[C@@H]1O[C@@H]2COC(C)(C)O[C@H]2[C@H](O)[C@H]1N. The lowest BCUT2D eigenvalue weighted by atomic mass is 9.96. The molecule has 0 saturated carbocycles. The van der Waals surface area contributed by atoms with Crippen molar-refractivity contribution in [1.82, 2.24) is 0 Å². The highest BCUT2D eigenvalue weighted by Crippen LogP contribution is 2.31. The van der Waals surface area contributed by atoms with Gasteiger partial charge in [0.1, 0.15) is 18.3 Å². The van der Waals surface area contributed by atoms with Gasteiger partial charge in [-0.1, -0.05) is 0 Å². The van der Waals surface area contributed by atoms with Gasteiger partial charge in [0.25, 0.3) is 0 Å². The highest BCUT2D eigenvalue weighted by atomic mass is 16.8. The van der Waals surface area contributed by atoms with Crippen LogP contribution in [0.25, 0.3) is 0 Å². The first kappa shape index (κ1) is 12.2. The Morgan fingerprint density at radius 3 is 2.75 bits per heavy atom. The molecule has 2 fully saturated rings. The zero-order valence-corrected chi connectivity index (χ0v) is 9.75. The molecule has 0 aromatic heterocycles. The van der Waals surface area contributed by atoms with Crippen molar-refractivity contribution in [3.63, 3.8) is 0 Å². The van der Waals surface area contributed by atoms with E-state index in [4.69, 9.17) is 24.7 Å². The summed E-state index contributed by atoms with van der Waals surface area (Å²) in [5, 5.41) is 10.0. The van der Waals surface area contributed by atoms with Gasteiger partial charge in [-0.3, -0.25) is 0 Å². The number of methoxy groups -OCH3 is 1. The van der Waals surface area contributed by atoms with Crippen molar-refractivity contribution in [3.05, 3.63) is 0 Å². The van der Waals surface area contributed by atoms with Crippen LogP contribution in [0.1, 0.15) is 13.8 Å². The third-order valence-electron chi connectivity index (χ3n) is 2.97. The van der Waals surface area contributed by atoms with Crippen molar-refractivity contribution >= 4 is 0 Å². The van der Waals surface area contributed by atoms with Gasteiger partial charge >= 0.3 is 0 Å². The van der Waals surface area contributed by atoms with E-state index >= 15 is 0 Å². The molecule has 2 rings (SSSR count). The highest BCUT2D eigenvalue weighted by Gasteiger charge is 2.49. The summed E-state index contributed by atoms with van der Waals surface area (Å²) >= 11 is 0. The normalized spacial score (nSPS) is 47.4. The molecule has 2 aliphatic heterocycles. The van der Waals surface area contributed by atoms with Gasteiger partial charge in [0.15, 0.2) is 12.1 Å². The molecule has 0 unspecified atom stereocenters. The van der Waals surface area contributed by atoms with Crippen LogP contribution in [0.15, 0.2) is 0 Å². The van der Waals surface area contributed by atoms with Crippen LogP contribution in [-0.4, -0.2) is 55.3 Å². The van der Waals surface area contributed by atoms with E-state index in [1.807, 2.05) is 0 Å². The summed E-state index contributed by atoms with van der Waals surface area (Å²) in [7, 11) is 1.49. The molecular formula is C10H19NO5. The molecule has 94 valence electrons. The molecule has 0 bridgehead atoms.